The van der Waals surface area contributed by atoms with Crippen LogP contribution >= 0.6 is 0 Å². The Morgan fingerprint density at radius 2 is 2.00 bits per heavy atom. The van der Waals surface area contributed by atoms with Crippen molar-refractivity contribution in [3.8, 4) is 0 Å². The zero-order valence-corrected chi connectivity index (χ0v) is 10.9. The normalized spacial score (nSPS) is 19.8. The lowest BCUT2D eigenvalue weighted by atomic mass is 9.80. The van der Waals surface area contributed by atoms with Crippen molar-refractivity contribution < 1.29 is 4.79 Å². The highest BCUT2D eigenvalue weighted by Gasteiger charge is 2.33. The molecule has 0 aromatic rings. The zero-order chi connectivity index (χ0) is 12.0. The molecule has 0 spiro atoms. The van der Waals surface area contributed by atoms with Crippen LogP contribution in [0.2, 0.25) is 0 Å². The van der Waals surface area contributed by atoms with Gasteiger partial charge >= 0.3 is 0 Å². The smallest absolute Gasteiger partial charge is 0.226 e. The fourth-order valence-corrected chi connectivity index (χ4v) is 2.13. The maximum Gasteiger partial charge on any atom is 0.226 e. The Bertz CT molecular complexity index is 220. The number of amides is 1. The number of nitrogens with one attached hydrogen (secondary N) is 2. The summed E-state index contributed by atoms with van der Waals surface area (Å²) in [6, 6.07) is 0. The van der Waals surface area contributed by atoms with Crippen molar-refractivity contribution >= 4 is 5.91 Å². The summed E-state index contributed by atoms with van der Waals surface area (Å²) < 4.78 is 0. The first-order valence-electron chi connectivity index (χ1n) is 6.53. The van der Waals surface area contributed by atoms with Crippen molar-refractivity contribution in [1.29, 1.82) is 0 Å². The molecule has 0 radical (unpaired) electrons. The van der Waals surface area contributed by atoms with Crippen molar-refractivity contribution in [1.82, 2.24) is 10.6 Å². The summed E-state index contributed by atoms with van der Waals surface area (Å²) in [6.07, 6.45) is 4.21. The van der Waals surface area contributed by atoms with Crippen molar-refractivity contribution in [2.24, 2.45) is 11.3 Å². The van der Waals surface area contributed by atoms with Gasteiger partial charge < -0.3 is 10.6 Å². The third-order valence-electron chi connectivity index (χ3n) is 3.50. The maximum absolute atomic E-state index is 12.0. The van der Waals surface area contributed by atoms with Gasteiger partial charge in [0.15, 0.2) is 0 Å². The lowest BCUT2D eigenvalue weighted by Gasteiger charge is -2.32. The number of rotatable bonds is 5. The van der Waals surface area contributed by atoms with Gasteiger partial charge in [-0.25, -0.2) is 0 Å². The van der Waals surface area contributed by atoms with Gasteiger partial charge in [0.2, 0.25) is 5.91 Å². The van der Waals surface area contributed by atoms with Gasteiger partial charge in [-0.2, -0.15) is 0 Å². The maximum atomic E-state index is 12.0. The molecule has 1 saturated heterocycles. The van der Waals surface area contributed by atoms with Gasteiger partial charge in [0.05, 0.1) is 0 Å². The van der Waals surface area contributed by atoms with Gasteiger partial charge in [-0.15, -0.1) is 0 Å². The van der Waals surface area contributed by atoms with Gasteiger partial charge in [-0.1, -0.05) is 20.8 Å². The molecule has 0 atom stereocenters. The molecule has 1 fully saturated rings. The average Bonchev–Trinajstić information content (AvgIpc) is 2.25. The molecule has 0 aromatic heterocycles. The van der Waals surface area contributed by atoms with E-state index in [4.69, 9.17) is 0 Å². The number of hydrogen-bond donors (Lipinski definition) is 2. The third kappa shape index (κ3) is 4.12. The van der Waals surface area contributed by atoms with Crippen molar-refractivity contribution in [2.45, 2.75) is 46.5 Å². The molecule has 1 amide bonds. The quantitative estimate of drug-likeness (QED) is 0.703. The molecule has 1 aliphatic heterocycles. The molecule has 1 rings (SSSR count). The molecule has 0 saturated carbocycles. The van der Waals surface area contributed by atoms with E-state index < -0.39 is 0 Å². The Morgan fingerprint density at radius 1 is 1.38 bits per heavy atom. The Hall–Kier alpha value is -0.570. The van der Waals surface area contributed by atoms with Gasteiger partial charge in [0.25, 0.3) is 0 Å². The summed E-state index contributed by atoms with van der Waals surface area (Å²) >= 11 is 0. The molecule has 2 N–H and O–H groups in total. The minimum atomic E-state index is -0.136. The van der Waals surface area contributed by atoms with Crippen molar-refractivity contribution in [3.05, 3.63) is 0 Å². The molecule has 16 heavy (non-hydrogen) atoms. The summed E-state index contributed by atoms with van der Waals surface area (Å²) in [7, 11) is 0. The Kier molecular flexibility index (Phi) is 5.26. The molecule has 1 heterocycles. The SMILES string of the molecule is CC(C)CCCNC(=O)C1(C)CCNCC1. The van der Waals surface area contributed by atoms with Crippen LogP contribution in [0.4, 0.5) is 0 Å². The highest BCUT2D eigenvalue weighted by atomic mass is 16.2. The molecular weight excluding hydrogens is 200 g/mol. The molecule has 0 aromatic carbocycles. The van der Waals surface area contributed by atoms with E-state index in [-0.39, 0.29) is 11.3 Å². The van der Waals surface area contributed by atoms with Crippen LogP contribution in [0.5, 0.6) is 0 Å². The second kappa shape index (κ2) is 6.24. The monoisotopic (exact) mass is 226 g/mol. The largest absolute Gasteiger partial charge is 0.356 e. The first-order valence-corrected chi connectivity index (χ1v) is 6.53. The molecule has 0 bridgehead atoms. The number of carbonyl (C=O) groups excluding carboxylic acids is 1. The second-order valence-electron chi connectivity index (χ2n) is 5.60. The lowest BCUT2D eigenvalue weighted by Crippen LogP contribution is -2.46. The van der Waals surface area contributed by atoms with Crippen LogP contribution in [-0.2, 0) is 4.79 Å². The van der Waals surface area contributed by atoms with Crippen LogP contribution in [0.3, 0.4) is 0 Å². The highest BCUT2D eigenvalue weighted by molar-refractivity contribution is 5.82. The topological polar surface area (TPSA) is 41.1 Å². The molecule has 3 nitrogen and oxygen atoms in total. The van der Waals surface area contributed by atoms with Gasteiger partial charge in [0, 0.05) is 12.0 Å². The van der Waals surface area contributed by atoms with Crippen molar-refractivity contribution in [3.63, 3.8) is 0 Å². The predicted molar refractivity (Wildman–Crippen MR) is 67.3 cm³/mol. The fraction of sp³-hybridized carbons (Fsp3) is 0.923. The summed E-state index contributed by atoms with van der Waals surface area (Å²) in [6.45, 7) is 9.29. The van der Waals surface area contributed by atoms with Crippen LogP contribution in [0.15, 0.2) is 0 Å². The molecular formula is C13H26N2O. The third-order valence-corrected chi connectivity index (χ3v) is 3.50. The number of carbonyl (C=O) groups is 1. The molecule has 0 aliphatic carbocycles. The van der Waals surface area contributed by atoms with Crippen LogP contribution in [0.1, 0.15) is 46.5 Å². The first kappa shape index (κ1) is 13.5. The van der Waals surface area contributed by atoms with E-state index >= 15 is 0 Å². The highest BCUT2D eigenvalue weighted by Crippen LogP contribution is 2.27. The van der Waals surface area contributed by atoms with Crippen molar-refractivity contribution in [2.75, 3.05) is 19.6 Å². The summed E-state index contributed by atoms with van der Waals surface area (Å²) in [5.74, 6) is 0.976. The minimum absolute atomic E-state index is 0.136. The first-order chi connectivity index (χ1) is 7.54. The molecule has 0 unspecified atom stereocenters. The van der Waals surface area contributed by atoms with E-state index in [1.165, 1.54) is 6.42 Å². The van der Waals surface area contributed by atoms with E-state index in [1.807, 2.05) is 0 Å². The van der Waals surface area contributed by atoms with E-state index in [1.54, 1.807) is 0 Å². The second-order valence-corrected chi connectivity index (χ2v) is 5.60. The van der Waals surface area contributed by atoms with Crippen LogP contribution < -0.4 is 10.6 Å². The van der Waals surface area contributed by atoms with Gasteiger partial charge in [-0.3, -0.25) is 4.79 Å². The Labute approximate surface area is 99.4 Å². The predicted octanol–water partition coefficient (Wildman–Crippen LogP) is 1.93. The fourth-order valence-electron chi connectivity index (χ4n) is 2.13. The van der Waals surface area contributed by atoms with Crippen LogP contribution in [0.25, 0.3) is 0 Å². The summed E-state index contributed by atoms with van der Waals surface area (Å²) in [4.78, 5) is 12.0. The van der Waals surface area contributed by atoms with E-state index in [0.29, 0.717) is 0 Å². The number of hydrogen-bond acceptors (Lipinski definition) is 2. The lowest BCUT2D eigenvalue weighted by molar-refractivity contribution is -0.131. The summed E-state index contributed by atoms with van der Waals surface area (Å²) in [5.41, 5.74) is -0.136. The van der Waals surface area contributed by atoms with E-state index in [9.17, 15) is 4.79 Å². The van der Waals surface area contributed by atoms with E-state index in [2.05, 4.69) is 31.4 Å². The molecule has 3 heteroatoms. The average molecular weight is 226 g/mol. The number of piperidine rings is 1. The van der Waals surface area contributed by atoms with Gasteiger partial charge in [0.1, 0.15) is 0 Å². The zero-order valence-electron chi connectivity index (χ0n) is 10.9. The molecule has 1 aliphatic rings. The van der Waals surface area contributed by atoms with E-state index in [0.717, 1.165) is 44.8 Å². The van der Waals surface area contributed by atoms with Crippen LogP contribution in [-0.4, -0.2) is 25.5 Å². The summed E-state index contributed by atoms with van der Waals surface area (Å²) in [5, 5.41) is 6.38. The van der Waals surface area contributed by atoms with Crippen LogP contribution in [0, 0.1) is 11.3 Å². The molecule has 94 valence electrons. The van der Waals surface area contributed by atoms with Gasteiger partial charge in [-0.05, 0) is 44.7 Å². The standard InChI is InChI=1S/C13H26N2O/c1-11(2)5-4-8-15-12(16)13(3)6-9-14-10-7-13/h11,14H,4-10H2,1-3H3,(H,15,16). The Morgan fingerprint density at radius 3 is 2.56 bits per heavy atom. The minimum Gasteiger partial charge on any atom is -0.356 e. The Balaban J connectivity index is 2.23.